The van der Waals surface area contributed by atoms with Gasteiger partial charge in [-0.05, 0) is 141 Å². The van der Waals surface area contributed by atoms with Crippen molar-refractivity contribution in [3.05, 3.63) is 213 Å². The molecule has 6 saturated heterocycles. The average Bonchev–Trinajstić information content (AvgIpc) is 1.55. The largest absolute Gasteiger partial charge is 0.444 e. The van der Waals surface area contributed by atoms with E-state index in [9.17, 15) is 93.6 Å². The number of aldehydes is 1. The molecule has 12 aliphatic heterocycles. The number of nitrogens with zero attached hydrogens (tertiary/aromatic N) is 13. The van der Waals surface area contributed by atoms with Crippen LogP contribution in [0.4, 0.5) is 52.1 Å². The van der Waals surface area contributed by atoms with Gasteiger partial charge in [0.15, 0.2) is 0 Å². The third kappa shape index (κ3) is 17.5. The number of fused-ring (bicyclic) bond motifs is 14. The number of para-hydroxylation sites is 6. The van der Waals surface area contributed by atoms with E-state index in [0.29, 0.717) is 55.6 Å². The molecule has 6 aromatic carbocycles. The lowest BCUT2D eigenvalue weighted by molar-refractivity contribution is -0.136. The molecule has 8 aromatic rings. The number of aryl methyl sites for hydroxylation is 3. The SMILES string of the molecule is CC(C)(C)OC(=O)N1CC2(C1)C(=O)Nc1ccccc12.CC(C)CN1C(=O)C2(CN(S(C)(=O)=O)C2)c2ccccc21.CS(=O)(=O)N1CC2(C1)C(=O)N(CC=O)c1ccccc12.CS(=O)(=O)N1CC2(C1)C(=O)N(Cc1nc3c([nH]1)CCC3)c1ccccc12.CS(=O)(=O)N1CC2(C1)C(=O)N(Cc1nc3c(n1CCCC(F)(F)F)CCC3)c1ccccc12.CS(=O)(=O)N1CC2(C1)C(=O)Nc1ccccc12. The van der Waals surface area contributed by atoms with Crippen LogP contribution in [0.3, 0.4) is 0 Å². The van der Waals surface area contributed by atoms with Gasteiger partial charge in [0.05, 0.1) is 62.3 Å². The number of carbonyl (C=O) groups excluding carboxylic acids is 8. The summed E-state index contributed by atoms with van der Waals surface area (Å²) in [4.78, 5) is 120. The third-order valence-corrected chi connectivity index (χ3v) is 34.1. The molecule has 137 heavy (non-hydrogen) atoms. The number of nitrogens with one attached hydrogen (secondary N) is 3. The molecule has 14 aliphatic rings. The summed E-state index contributed by atoms with van der Waals surface area (Å²) in [6.45, 7) is 13.7. The van der Waals surface area contributed by atoms with E-state index >= 15 is 0 Å². The molecule has 0 unspecified atom stereocenters. The Morgan fingerprint density at radius 1 is 0.445 bits per heavy atom. The first-order chi connectivity index (χ1) is 64.3. The number of sulfonamides is 5. The van der Waals surface area contributed by atoms with Gasteiger partial charge >= 0.3 is 12.3 Å². The molecule has 22 rings (SSSR count). The van der Waals surface area contributed by atoms with Crippen molar-refractivity contribution in [3.8, 4) is 0 Å². The van der Waals surface area contributed by atoms with Crippen LogP contribution in [0.25, 0.3) is 0 Å². The number of amides is 7. The van der Waals surface area contributed by atoms with Crippen LogP contribution in [0.5, 0.6) is 0 Å². The number of aromatic nitrogens is 4. The number of aromatic amines is 1. The molecular weight excluding hydrogens is 1870 g/mol. The molecule has 14 heterocycles. The molecule has 3 N–H and O–H groups in total. The Hall–Kier alpha value is -11.2. The molecule has 730 valence electrons. The molecule has 2 aromatic heterocycles. The summed E-state index contributed by atoms with van der Waals surface area (Å²) in [6, 6.07) is 45.1. The van der Waals surface area contributed by atoms with Gasteiger partial charge in [-0.25, -0.2) is 56.9 Å². The van der Waals surface area contributed by atoms with Gasteiger partial charge in [0, 0.05) is 144 Å². The number of hydrogen-bond donors (Lipinski definition) is 3. The Bertz CT molecular complexity index is 6870. The number of likely N-dealkylation sites (tertiary alicyclic amines) is 1. The summed E-state index contributed by atoms with van der Waals surface area (Å²) in [5, 5.41) is 5.68. The number of rotatable bonds is 16. The standard InChI is InChI=1S/C22H25F3N4O3S.C18H20N4O3S.C15H20N2O3S.C15H18N2O3.C13H14N2O4S.C11H12N2O3S/c1-33(31,32)27-13-21(14-27)15-6-2-3-8-17(15)29(20(21)30)12-19-26-16-7-4-9-18(16)28(19)11-5-10-22(23,24)25;1-26(24,25)21-10-18(11-21)12-5-2-3-8-15(12)22(17(18)23)9-16-19-13-6-4-7-14(13)20-16;1-11(2)8-17-13-7-5-4-6-12(13)15(14(17)18)9-16(10-15)21(3,19)20;1-14(2,3)20-13(19)17-8-15(9-17)10-6-4-5-7-11(10)16-12(15)18;1-20(18,19)14-8-13(9-14)10-4-2-3-5-11(10)15(6-7-16)12(13)17;1-17(15,16)13-6-11(7-13)8-4-2-3-5-9(8)12-10(11)14/h2-3,6,8H,4-5,7,9-14H2,1H3;2-3,5,8H,4,6-7,9-11H2,1H3,(H,19,20);4-7,11H,8-10H2,1-3H3;4-7H,8-9H2,1-3H3,(H,16,18);2-5,7H,6,8-9H2,1H3;2-5H,6-7H2,1H3,(H,12,14). The predicted molar refractivity (Wildman–Crippen MR) is 504 cm³/mol. The van der Waals surface area contributed by atoms with Crippen LogP contribution in [-0.2, 0) is 166 Å². The summed E-state index contributed by atoms with van der Waals surface area (Å²) in [5.41, 5.74) is 9.46. The zero-order valence-electron chi connectivity index (χ0n) is 77.4. The maximum atomic E-state index is 13.6. The quantitative estimate of drug-likeness (QED) is 0.0823. The van der Waals surface area contributed by atoms with Crippen molar-refractivity contribution in [2.24, 2.45) is 5.92 Å². The molecule has 7 amide bonds. The van der Waals surface area contributed by atoms with Crippen molar-refractivity contribution >= 4 is 132 Å². The highest BCUT2D eigenvalue weighted by Crippen LogP contribution is 2.54. The van der Waals surface area contributed by atoms with E-state index in [0.717, 1.165) is 130 Å². The summed E-state index contributed by atoms with van der Waals surface area (Å²) >= 11 is 0. The molecule has 0 atom stereocenters. The van der Waals surface area contributed by atoms with Gasteiger partial charge < -0.3 is 54.2 Å². The van der Waals surface area contributed by atoms with Crippen LogP contribution in [0.15, 0.2) is 146 Å². The van der Waals surface area contributed by atoms with Crippen LogP contribution < -0.4 is 30.2 Å². The Kier molecular flexibility index (Phi) is 24.9. The van der Waals surface area contributed by atoms with Crippen LogP contribution in [-0.4, -0.2) is 271 Å². The van der Waals surface area contributed by atoms with Crippen molar-refractivity contribution < 1.29 is 98.4 Å². The molecule has 35 nitrogen and oxygen atoms in total. The number of halogens is 3. The monoisotopic (exact) mass is 1980 g/mol. The molecule has 2 aliphatic carbocycles. The van der Waals surface area contributed by atoms with Gasteiger partial charge in [-0.15, -0.1) is 0 Å². The Labute approximate surface area is 793 Å². The van der Waals surface area contributed by atoms with Crippen LogP contribution in [0, 0.1) is 5.92 Å². The summed E-state index contributed by atoms with van der Waals surface area (Å²) in [7, 11) is -16.4. The van der Waals surface area contributed by atoms with E-state index in [4.69, 9.17) is 9.72 Å². The molecule has 6 spiro atoms. The van der Waals surface area contributed by atoms with Crippen molar-refractivity contribution in [1.82, 2.24) is 45.9 Å². The van der Waals surface area contributed by atoms with Gasteiger partial charge in [0.1, 0.15) is 56.0 Å². The van der Waals surface area contributed by atoms with Crippen LogP contribution in [0.2, 0.25) is 0 Å². The Morgan fingerprint density at radius 2 is 0.796 bits per heavy atom. The first-order valence-electron chi connectivity index (χ1n) is 45.1. The number of alkyl halides is 3. The summed E-state index contributed by atoms with van der Waals surface area (Å²) in [5.74, 6) is 1.25. The zero-order valence-corrected chi connectivity index (χ0v) is 81.5. The van der Waals surface area contributed by atoms with Crippen LogP contribution in [0.1, 0.15) is 128 Å². The lowest BCUT2D eigenvalue weighted by atomic mass is 9.75. The van der Waals surface area contributed by atoms with Crippen molar-refractivity contribution in [2.45, 2.75) is 150 Å². The molecule has 0 bridgehead atoms. The minimum atomic E-state index is -4.21. The van der Waals surface area contributed by atoms with E-state index in [1.54, 1.807) is 26.8 Å². The fourth-order valence-corrected chi connectivity index (χ4v) is 25.7. The molecule has 43 heteroatoms. The summed E-state index contributed by atoms with van der Waals surface area (Å²) < 4.78 is 169. The zero-order chi connectivity index (χ0) is 98.5. The van der Waals surface area contributed by atoms with E-state index in [1.807, 2.05) is 164 Å². The maximum Gasteiger partial charge on any atom is 0.410 e. The molecule has 0 saturated carbocycles. The van der Waals surface area contributed by atoms with Gasteiger partial charge in [0.2, 0.25) is 85.6 Å². The van der Waals surface area contributed by atoms with Gasteiger partial charge in [0.25, 0.3) is 0 Å². The van der Waals surface area contributed by atoms with E-state index in [-0.39, 0.29) is 133 Å². The highest BCUT2D eigenvalue weighted by molar-refractivity contribution is 7.89. The molecule has 6 fully saturated rings. The summed E-state index contributed by atoms with van der Waals surface area (Å²) in [6.07, 6.45) is 6.61. The number of imidazole rings is 2. The molecule has 0 radical (unpaired) electrons. The lowest BCUT2D eigenvalue weighted by Crippen LogP contribution is -2.65. The first-order valence-corrected chi connectivity index (χ1v) is 54.4. The minimum Gasteiger partial charge on any atom is -0.444 e. The topological polar surface area (TPSA) is 419 Å². The van der Waals surface area contributed by atoms with Crippen molar-refractivity contribution in [1.29, 1.82) is 0 Å². The number of hydrogen-bond acceptors (Lipinski definition) is 21. The second kappa shape index (κ2) is 35.0. The third-order valence-electron chi connectivity index (χ3n) is 28.2. The number of H-pyrrole nitrogens is 1. The normalized spacial score (nSPS) is 20.6. The fraction of sp³-hybridized carbons (Fsp3) is 0.468. The maximum absolute atomic E-state index is 13.6. The number of anilines is 6. The molecular formula is C94H109F3N16O19S5. The van der Waals surface area contributed by atoms with Gasteiger partial charge in [-0.1, -0.05) is 123 Å². The predicted octanol–water partition coefficient (Wildman–Crippen LogP) is 6.96. The Balaban J connectivity index is 0.000000115. The smallest absolute Gasteiger partial charge is 0.410 e. The fourth-order valence-electron chi connectivity index (χ4n) is 21.1. The van der Waals surface area contributed by atoms with E-state index < -0.39 is 101 Å². The van der Waals surface area contributed by atoms with E-state index in [1.165, 1.54) is 50.9 Å². The average molecular weight is 1980 g/mol. The number of carbonyl (C=O) groups is 8. The lowest BCUT2D eigenvalue weighted by Gasteiger charge is -2.46. The van der Waals surface area contributed by atoms with Gasteiger partial charge in [-0.3, -0.25) is 28.8 Å². The van der Waals surface area contributed by atoms with Crippen molar-refractivity contribution in [2.75, 3.05) is 153 Å². The first kappa shape index (κ1) is 97.5. The van der Waals surface area contributed by atoms with Crippen LogP contribution >= 0.6 is 0 Å². The number of benzene rings is 6. The second-order valence-electron chi connectivity index (χ2n) is 39.3. The van der Waals surface area contributed by atoms with E-state index in [2.05, 4.69) is 34.4 Å². The Morgan fingerprint density at radius 3 is 1.19 bits per heavy atom. The van der Waals surface area contributed by atoms with Crippen molar-refractivity contribution in [3.63, 3.8) is 0 Å². The second-order valence-corrected chi connectivity index (χ2v) is 49.2. The minimum absolute atomic E-state index is 0.00350. The van der Waals surface area contributed by atoms with Gasteiger partial charge in [-0.2, -0.15) is 34.7 Å². The highest BCUT2D eigenvalue weighted by atomic mass is 32.2. The number of ether oxygens (including phenoxy) is 1. The highest BCUT2D eigenvalue weighted by Gasteiger charge is 2.66.